The molecule has 9 nitrogen and oxygen atoms in total. The summed E-state index contributed by atoms with van der Waals surface area (Å²) in [6.45, 7) is 4.10. The van der Waals surface area contributed by atoms with Gasteiger partial charge in [0.25, 0.3) is 5.56 Å². The molecule has 24 heavy (non-hydrogen) atoms. The van der Waals surface area contributed by atoms with E-state index >= 15 is 0 Å². The zero-order valence-electron chi connectivity index (χ0n) is 13.6. The maximum absolute atomic E-state index is 12.6. The van der Waals surface area contributed by atoms with Crippen LogP contribution >= 0.6 is 0 Å². The third-order valence-electron chi connectivity index (χ3n) is 3.67. The second-order valence-corrected chi connectivity index (χ2v) is 8.25. The Labute approximate surface area is 138 Å². The smallest absolute Gasteiger partial charge is 0.279 e. The Balaban J connectivity index is 2.07. The van der Waals surface area contributed by atoms with Gasteiger partial charge in [0.15, 0.2) is 0 Å². The van der Waals surface area contributed by atoms with Crippen LogP contribution in [0.1, 0.15) is 25.3 Å². The minimum Gasteiger partial charge on any atom is -0.323 e. The Morgan fingerprint density at radius 3 is 2.71 bits per heavy atom. The summed E-state index contributed by atoms with van der Waals surface area (Å²) in [5.41, 5.74) is 1.68. The Morgan fingerprint density at radius 2 is 2.04 bits per heavy atom. The highest BCUT2D eigenvalue weighted by Gasteiger charge is 2.18. The highest BCUT2D eigenvalue weighted by atomic mass is 32.2. The first-order chi connectivity index (χ1) is 11.3. The maximum Gasteiger partial charge on any atom is 0.279 e. The molecule has 0 aromatic carbocycles. The summed E-state index contributed by atoms with van der Waals surface area (Å²) in [6, 6.07) is 0. The highest BCUT2D eigenvalue weighted by molar-refractivity contribution is 7.90. The number of nitrogens with one attached hydrogen (secondary N) is 1. The molecule has 0 aliphatic heterocycles. The van der Waals surface area contributed by atoms with Crippen LogP contribution in [-0.4, -0.2) is 49.8 Å². The Morgan fingerprint density at radius 1 is 1.29 bits per heavy atom. The van der Waals surface area contributed by atoms with Gasteiger partial charge in [-0.05, 0) is 5.92 Å². The van der Waals surface area contributed by atoms with E-state index in [0.29, 0.717) is 22.6 Å². The van der Waals surface area contributed by atoms with Crippen molar-refractivity contribution in [3.8, 4) is 11.3 Å². The van der Waals surface area contributed by atoms with E-state index in [9.17, 15) is 13.2 Å². The summed E-state index contributed by atoms with van der Waals surface area (Å²) in [5.74, 6) is 0.324. The molecule has 0 fully saturated rings. The largest absolute Gasteiger partial charge is 0.323 e. The molecule has 3 rings (SSSR count). The topological polar surface area (TPSA) is 115 Å². The van der Waals surface area contributed by atoms with Crippen molar-refractivity contribution in [2.75, 3.05) is 12.0 Å². The van der Waals surface area contributed by atoms with Crippen molar-refractivity contribution in [3.63, 3.8) is 0 Å². The first kappa shape index (κ1) is 16.4. The summed E-state index contributed by atoms with van der Waals surface area (Å²) in [6.07, 6.45) is 5.82. The molecule has 0 bridgehead atoms. The molecule has 0 spiro atoms. The lowest BCUT2D eigenvalue weighted by atomic mass is 10.0. The van der Waals surface area contributed by atoms with Crippen LogP contribution in [0.15, 0.2) is 23.5 Å². The van der Waals surface area contributed by atoms with Crippen molar-refractivity contribution >= 4 is 15.6 Å². The van der Waals surface area contributed by atoms with Gasteiger partial charge in [-0.3, -0.25) is 9.48 Å². The van der Waals surface area contributed by atoms with Crippen molar-refractivity contribution in [1.29, 1.82) is 0 Å². The third-order valence-corrected chi connectivity index (χ3v) is 4.59. The van der Waals surface area contributed by atoms with E-state index in [1.54, 1.807) is 17.1 Å². The fraction of sp³-hybridized carbons (Fsp3) is 0.429. The van der Waals surface area contributed by atoms with E-state index in [1.807, 2.05) is 13.8 Å². The van der Waals surface area contributed by atoms with E-state index in [2.05, 4.69) is 20.2 Å². The monoisotopic (exact) mass is 350 g/mol. The quantitative estimate of drug-likeness (QED) is 0.714. The lowest BCUT2D eigenvalue weighted by Gasteiger charge is -2.10. The number of rotatable bonds is 5. The molecule has 0 amide bonds. The molecule has 128 valence electrons. The number of fused-ring (bicyclic) bond motifs is 1. The minimum atomic E-state index is -3.07. The average molecular weight is 350 g/mol. The van der Waals surface area contributed by atoms with Crippen LogP contribution in [-0.2, 0) is 16.4 Å². The molecular formula is C14H18N6O3S. The average Bonchev–Trinajstić information content (AvgIpc) is 3.12. The van der Waals surface area contributed by atoms with Gasteiger partial charge in [0.2, 0.25) is 5.78 Å². The predicted molar refractivity (Wildman–Crippen MR) is 88.6 cm³/mol. The van der Waals surface area contributed by atoms with Crippen molar-refractivity contribution < 1.29 is 8.42 Å². The van der Waals surface area contributed by atoms with E-state index in [4.69, 9.17) is 0 Å². The van der Waals surface area contributed by atoms with Crippen molar-refractivity contribution in [2.45, 2.75) is 26.3 Å². The molecule has 0 radical (unpaired) electrons. The second-order valence-electron chi connectivity index (χ2n) is 5.99. The summed E-state index contributed by atoms with van der Waals surface area (Å²) in [7, 11) is -3.07. The van der Waals surface area contributed by atoms with Crippen molar-refractivity contribution in [3.05, 3.63) is 34.6 Å². The number of aryl methyl sites for hydroxylation is 1. The molecule has 0 aliphatic rings. The van der Waals surface area contributed by atoms with Crippen LogP contribution in [0.3, 0.4) is 0 Å². The fourth-order valence-corrected chi connectivity index (χ4v) is 3.03. The normalized spacial score (nSPS) is 12.3. The SMILES string of the molecule is CC(C)c1c(-c2cnn(CCS(C)(=O)=O)c2)[nH]c2ncnn2c1=O. The Hall–Kier alpha value is -2.49. The number of hydrogen-bond acceptors (Lipinski definition) is 6. The number of sulfone groups is 1. The molecule has 0 saturated heterocycles. The molecule has 0 unspecified atom stereocenters. The van der Waals surface area contributed by atoms with E-state index in [-0.39, 0.29) is 23.8 Å². The number of H-pyrrole nitrogens is 1. The number of aromatic amines is 1. The van der Waals surface area contributed by atoms with Gasteiger partial charge in [0, 0.05) is 23.6 Å². The van der Waals surface area contributed by atoms with Gasteiger partial charge in [-0.15, -0.1) is 0 Å². The lowest BCUT2D eigenvalue weighted by molar-refractivity contribution is 0.586. The first-order valence-electron chi connectivity index (χ1n) is 7.42. The summed E-state index contributed by atoms with van der Waals surface area (Å²) < 4.78 is 25.3. The molecule has 0 aliphatic carbocycles. The summed E-state index contributed by atoms with van der Waals surface area (Å²) in [4.78, 5) is 19.8. The Bertz CT molecular complexity index is 1040. The van der Waals surface area contributed by atoms with Crippen LogP contribution in [0.2, 0.25) is 0 Å². The van der Waals surface area contributed by atoms with Gasteiger partial charge in [-0.1, -0.05) is 13.8 Å². The molecule has 0 atom stereocenters. The van der Waals surface area contributed by atoms with Crippen LogP contribution in [0.25, 0.3) is 17.0 Å². The molecular weight excluding hydrogens is 332 g/mol. The fourth-order valence-electron chi connectivity index (χ4n) is 2.51. The molecule has 10 heteroatoms. The number of nitrogens with zero attached hydrogens (tertiary/aromatic N) is 5. The molecule has 0 saturated carbocycles. The summed E-state index contributed by atoms with van der Waals surface area (Å²) in [5, 5.41) is 8.11. The number of hydrogen-bond donors (Lipinski definition) is 1. The van der Waals surface area contributed by atoms with Crippen LogP contribution in [0.5, 0.6) is 0 Å². The van der Waals surface area contributed by atoms with Gasteiger partial charge in [0.1, 0.15) is 16.2 Å². The van der Waals surface area contributed by atoms with Crippen LogP contribution in [0, 0.1) is 0 Å². The molecule has 3 aromatic rings. The maximum atomic E-state index is 12.6. The zero-order chi connectivity index (χ0) is 17.5. The van der Waals surface area contributed by atoms with Crippen LogP contribution in [0.4, 0.5) is 0 Å². The molecule has 1 N–H and O–H groups in total. The Kier molecular flexibility index (Phi) is 3.99. The standard InChI is InChI=1S/C14H18N6O3S/c1-9(2)11-12(18-14-15-8-17-20(14)13(11)21)10-6-16-19(7-10)4-5-24(3,22)23/h6-9H,4-5H2,1-3H3,(H,15,17,18). The van der Waals surface area contributed by atoms with Gasteiger partial charge >= 0.3 is 0 Å². The molecule has 3 aromatic heterocycles. The van der Waals surface area contributed by atoms with Gasteiger partial charge < -0.3 is 4.98 Å². The first-order valence-corrected chi connectivity index (χ1v) is 9.49. The van der Waals surface area contributed by atoms with Gasteiger partial charge in [-0.25, -0.2) is 8.42 Å². The van der Waals surface area contributed by atoms with E-state index in [1.165, 1.54) is 17.1 Å². The van der Waals surface area contributed by atoms with Gasteiger partial charge in [-0.2, -0.15) is 19.7 Å². The minimum absolute atomic E-state index is 0.00485. The third kappa shape index (κ3) is 3.09. The molecule has 3 heterocycles. The van der Waals surface area contributed by atoms with Crippen LogP contribution < -0.4 is 5.56 Å². The van der Waals surface area contributed by atoms with Crippen molar-refractivity contribution in [2.24, 2.45) is 0 Å². The predicted octanol–water partition coefficient (Wildman–Crippen LogP) is 0.449. The lowest BCUT2D eigenvalue weighted by Crippen LogP contribution is -2.22. The van der Waals surface area contributed by atoms with Crippen molar-refractivity contribution in [1.82, 2.24) is 29.4 Å². The van der Waals surface area contributed by atoms with E-state index < -0.39 is 9.84 Å². The zero-order valence-corrected chi connectivity index (χ0v) is 14.4. The highest BCUT2D eigenvalue weighted by Crippen LogP contribution is 2.24. The second kappa shape index (κ2) is 5.86. The summed E-state index contributed by atoms with van der Waals surface area (Å²) >= 11 is 0. The van der Waals surface area contributed by atoms with E-state index in [0.717, 1.165) is 0 Å². The van der Waals surface area contributed by atoms with Gasteiger partial charge in [0.05, 0.1) is 24.2 Å². The number of aromatic nitrogens is 6.